The van der Waals surface area contributed by atoms with Crippen molar-refractivity contribution in [2.24, 2.45) is 0 Å². The van der Waals surface area contributed by atoms with Crippen molar-refractivity contribution in [1.29, 1.82) is 0 Å². The summed E-state index contributed by atoms with van der Waals surface area (Å²) in [4.78, 5) is 25.5. The van der Waals surface area contributed by atoms with Crippen molar-refractivity contribution in [3.05, 3.63) is 58.7 Å². The van der Waals surface area contributed by atoms with Crippen molar-refractivity contribution in [2.75, 3.05) is 6.61 Å². The highest BCUT2D eigenvalue weighted by atomic mass is 32.2. The number of benzene rings is 2. The zero-order chi connectivity index (χ0) is 17.9. The van der Waals surface area contributed by atoms with Gasteiger partial charge in [0, 0.05) is 11.5 Å². The van der Waals surface area contributed by atoms with Crippen molar-refractivity contribution in [1.82, 2.24) is 4.31 Å². The molecular weight excluding hydrogens is 342 g/mol. The molecule has 2 aromatic carbocycles. The third kappa shape index (κ3) is 2.12. The molecule has 0 aromatic heterocycles. The molecule has 0 radical (unpaired) electrons. The van der Waals surface area contributed by atoms with Crippen LogP contribution in [0.25, 0.3) is 0 Å². The number of ether oxygens (including phenoxy) is 1. The number of hydrogen-bond donors (Lipinski definition) is 0. The lowest BCUT2D eigenvalue weighted by Crippen LogP contribution is -2.36. The van der Waals surface area contributed by atoms with E-state index in [1.54, 1.807) is 18.2 Å². The summed E-state index contributed by atoms with van der Waals surface area (Å²) in [5.74, 6) is -1.18. The van der Waals surface area contributed by atoms with Crippen LogP contribution in [-0.4, -0.2) is 31.1 Å². The molecule has 128 valence electrons. The third-order valence-electron chi connectivity index (χ3n) is 4.56. The first-order chi connectivity index (χ1) is 11.8. The quantitative estimate of drug-likeness (QED) is 0.772. The number of fused-ring (bicyclic) bond motifs is 3. The number of sulfonamides is 1. The second-order valence-electron chi connectivity index (χ2n) is 6.30. The lowest BCUT2D eigenvalue weighted by Gasteiger charge is -2.14. The van der Waals surface area contributed by atoms with Crippen molar-refractivity contribution < 1.29 is 22.7 Å². The van der Waals surface area contributed by atoms with Crippen LogP contribution in [0.1, 0.15) is 44.7 Å². The Balaban J connectivity index is 1.86. The van der Waals surface area contributed by atoms with Gasteiger partial charge in [-0.2, -0.15) is 4.31 Å². The number of rotatable bonds is 2. The van der Waals surface area contributed by atoms with E-state index in [2.05, 4.69) is 0 Å². The van der Waals surface area contributed by atoms with Gasteiger partial charge in [-0.15, -0.1) is 0 Å². The second-order valence-corrected chi connectivity index (χ2v) is 8.09. The number of aryl methyl sites for hydroxylation is 1. The Morgan fingerprint density at radius 2 is 1.72 bits per heavy atom. The summed E-state index contributed by atoms with van der Waals surface area (Å²) in [7, 11) is -4.26. The summed E-state index contributed by atoms with van der Waals surface area (Å²) < 4.78 is 31.6. The molecule has 7 heteroatoms. The smallest absolute Gasteiger partial charge is 0.276 e. The lowest BCUT2D eigenvalue weighted by molar-refractivity contribution is 0.0765. The van der Waals surface area contributed by atoms with Crippen LogP contribution < -0.4 is 4.74 Å². The maximum atomic E-state index is 12.9. The molecule has 2 aromatic rings. The van der Waals surface area contributed by atoms with Crippen LogP contribution in [0.2, 0.25) is 0 Å². The Morgan fingerprint density at radius 1 is 1.04 bits per heavy atom. The van der Waals surface area contributed by atoms with Gasteiger partial charge >= 0.3 is 0 Å². The van der Waals surface area contributed by atoms with Gasteiger partial charge in [0.15, 0.2) is 0 Å². The van der Waals surface area contributed by atoms with E-state index in [1.807, 2.05) is 13.8 Å². The Kier molecular flexibility index (Phi) is 3.27. The molecule has 6 nitrogen and oxygen atoms in total. The number of carbonyl (C=O) groups excluding carboxylic acids is 2. The maximum Gasteiger partial charge on any atom is 0.276 e. The van der Waals surface area contributed by atoms with Gasteiger partial charge < -0.3 is 4.74 Å². The summed E-state index contributed by atoms with van der Waals surface area (Å²) in [5.41, 5.74) is 1.74. The largest absolute Gasteiger partial charge is 0.493 e. The number of nitrogens with zero attached hydrogens (tertiary/aromatic N) is 1. The third-order valence-corrected chi connectivity index (χ3v) is 6.24. The average Bonchev–Trinajstić information content (AvgIpc) is 3.06. The molecule has 2 aliphatic rings. The van der Waals surface area contributed by atoms with Gasteiger partial charge in [0.25, 0.3) is 21.8 Å². The molecule has 0 saturated carbocycles. The van der Waals surface area contributed by atoms with E-state index in [9.17, 15) is 18.0 Å². The highest BCUT2D eigenvalue weighted by molar-refractivity contribution is 7.90. The van der Waals surface area contributed by atoms with Gasteiger partial charge in [-0.3, -0.25) is 9.59 Å². The predicted octanol–water partition coefficient (Wildman–Crippen LogP) is 2.48. The van der Waals surface area contributed by atoms with Crippen LogP contribution >= 0.6 is 0 Å². The molecule has 0 unspecified atom stereocenters. The molecular formula is C18H15NO5S. The van der Waals surface area contributed by atoms with E-state index < -0.39 is 21.8 Å². The Hall–Kier alpha value is -2.67. The van der Waals surface area contributed by atoms with E-state index in [1.165, 1.54) is 18.2 Å². The van der Waals surface area contributed by atoms with Crippen LogP contribution in [0.3, 0.4) is 0 Å². The monoisotopic (exact) mass is 357 g/mol. The fourth-order valence-corrected chi connectivity index (χ4v) is 4.58. The van der Waals surface area contributed by atoms with Crippen LogP contribution in [0.4, 0.5) is 0 Å². The molecule has 0 fully saturated rings. The molecule has 2 heterocycles. The van der Waals surface area contributed by atoms with E-state index in [4.69, 9.17) is 4.74 Å². The van der Waals surface area contributed by atoms with Crippen molar-refractivity contribution in [3.63, 3.8) is 0 Å². The fourth-order valence-electron chi connectivity index (χ4n) is 3.26. The van der Waals surface area contributed by atoms with Crippen LogP contribution in [-0.2, 0) is 10.0 Å². The first-order valence-corrected chi connectivity index (χ1v) is 9.26. The van der Waals surface area contributed by atoms with E-state index in [-0.39, 0.29) is 21.9 Å². The molecule has 0 aliphatic carbocycles. The van der Waals surface area contributed by atoms with Gasteiger partial charge in [-0.05, 0) is 31.2 Å². The van der Waals surface area contributed by atoms with Crippen molar-refractivity contribution in [3.8, 4) is 5.75 Å². The summed E-state index contributed by atoms with van der Waals surface area (Å²) in [6.45, 7) is 4.10. The average molecular weight is 357 g/mol. The normalized spacial score (nSPS) is 19.0. The standard InChI is InChI=1S/C18H15NO5S/c1-10-3-5-12(6-4-10)25(22,23)19-17(20)13-7-8-14-15(11(2)9-24-14)16(13)18(19)21/h3-8,11H,9H2,1-2H3/t11-/m0/s1. The van der Waals surface area contributed by atoms with Gasteiger partial charge in [0.1, 0.15) is 5.75 Å². The second kappa shape index (κ2) is 5.16. The maximum absolute atomic E-state index is 12.9. The molecule has 2 amide bonds. The topological polar surface area (TPSA) is 80.8 Å². The first-order valence-electron chi connectivity index (χ1n) is 7.82. The summed E-state index contributed by atoms with van der Waals surface area (Å²) in [6, 6.07) is 9.11. The minimum atomic E-state index is -4.26. The van der Waals surface area contributed by atoms with Gasteiger partial charge in [-0.25, -0.2) is 8.42 Å². The van der Waals surface area contributed by atoms with Crippen LogP contribution in [0.5, 0.6) is 5.75 Å². The number of imide groups is 1. The van der Waals surface area contributed by atoms with E-state index in [0.717, 1.165) is 5.56 Å². The molecule has 1 atom stereocenters. The van der Waals surface area contributed by atoms with Gasteiger partial charge in [0.2, 0.25) is 0 Å². The number of carbonyl (C=O) groups is 2. The van der Waals surface area contributed by atoms with Gasteiger partial charge in [0.05, 0.1) is 22.6 Å². The SMILES string of the molecule is Cc1ccc(S(=O)(=O)N2C(=O)c3ccc4c(c3C2=O)[C@@H](C)CO4)cc1. The Morgan fingerprint density at radius 3 is 2.40 bits per heavy atom. The highest BCUT2D eigenvalue weighted by Crippen LogP contribution is 2.42. The van der Waals surface area contributed by atoms with Crippen molar-refractivity contribution in [2.45, 2.75) is 24.7 Å². The minimum Gasteiger partial charge on any atom is -0.493 e. The number of hydrogen-bond acceptors (Lipinski definition) is 5. The predicted molar refractivity (Wildman–Crippen MR) is 89.2 cm³/mol. The van der Waals surface area contributed by atoms with Gasteiger partial charge in [-0.1, -0.05) is 24.6 Å². The summed E-state index contributed by atoms with van der Waals surface area (Å²) in [5, 5.41) is 0. The van der Waals surface area contributed by atoms with Crippen LogP contribution in [0, 0.1) is 6.92 Å². The minimum absolute atomic E-state index is 0.0799. The molecule has 25 heavy (non-hydrogen) atoms. The van der Waals surface area contributed by atoms with E-state index >= 15 is 0 Å². The summed E-state index contributed by atoms with van der Waals surface area (Å²) in [6.07, 6.45) is 0. The molecule has 4 rings (SSSR count). The molecule has 0 bridgehead atoms. The summed E-state index contributed by atoms with van der Waals surface area (Å²) >= 11 is 0. The molecule has 2 aliphatic heterocycles. The molecule has 0 N–H and O–H groups in total. The number of amides is 2. The first kappa shape index (κ1) is 15.8. The van der Waals surface area contributed by atoms with Crippen LogP contribution in [0.15, 0.2) is 41.3 Å². The molecule has 0 spiro atoms. The van der Waals surface area contributed by atoms with Crippen molar-refractivity contribution >= 4 is 21.8 Å². The Bertz CT molecular complexity index is 1020. The zero-order valence-electron chi connectivity index (χ0n) is 13.6. The fraction of sp³-hybridized carbons (Fsp3) is 0.222. The zero-order valence-corrected chi connectivity index (χ0v) is 14.5. The lowest BCUT2D eigenvalue weighted by atomic mass is 9.94. The highest BCUT2D eigenvalue weighted by Gasteiger charge is 2.47. The Labute approximate surface area is 145 Å². The molecule has 0 saturated heterocycles. The van der Waals surface area contributed by atoms with E-state index in [0.29, 0.717) is 22.2 Å².